The lowest BCUT2D eigenvalue weighted by atomic mass is 10.1. The number of nitrogens with one attached hydrogen (secondary N) is 1. The molecule has 1 amide bonds. The molecule has 7 heteroatoms. The van der Waals surface area contributed by atoms with E-state index in [1.807, 2.05) is 31.3 Å². The molecule has 0 fully saturated rings. The van der Waals surface area contributed by atoms with Crippen LogP contribution in [-0.4, -0.2) is 43.3 Å². The summed E-state index contributed by atoms with van der Waals surface area (Å²) in [5, 5.41) is 11.7. The van der Waals surface area contributed by atoms with Crippen LogP contribution in [-0.2, 0) is 11.2 Å². The zero-order valence-corrected chi connectivity index (χ0v) is 17.7. The van der Waals surface area contributed by atoms with E-state index in [4.69, 9.17) is 14.6 Å². The van der Waals surface area contributed by atoms with Gasteiger partial charge >= 0.3 is 5.97 Å². The number of benzene rings is 3. The summed E-state index contributed by atoms with van der Waals surface area (Å²) in [5.74, 6) is 0.292. The molecule has 3 aromatic carbocycles. The van der Waals surface area contributed by atoms with Gasteiger partial charge in [0.15, 0.2) is 0 Å². The third-order valence-electron chi connectivity index (χ3n) is 5.14. The summed E-state index contributed by atoms with van der Waals surface area (Å²) in [4.78, 5) is 25.5. The Morgan fingerprint density at radius 3 is 2.66 bits per heavy atom. The number of hydrogen-bond acceptors (Lipinski definition) is 5. The van der Waals surface area contributed by atoms with E-state index in [1.165, 1.54) is 0 Å². The number of fused-ring (bicyclic) bond motifs is 1. The van der Waals surface area contributed by atoms with Gasteiger partial charge in [-0.15, -0.1) is 0 Å². The largest absolute Gasteiger partial charge is 0.490 e. The predicted molar refractivity (Wildman–Crippen MR) is 122 cm³/mol. The maximum atomic E-state index is 12.5. The Balaban J connectivity index is 1.32. The molecule has 1 unspecified atom stereocenters. The number of amides is 1. The molecule has 0 saturated heterocycles. The van der Waals surface area contributed by atoms with Crippen molar-refractivity contribution in [2.75, 3.05) is 30.4 Å². The topological polar surface area (TPSA) is 88.1 Å². The van der Waals surface area contributed by atoms with Crippen LogP contribution < -0.4 is 19.7 Å². The maximum absolute atomic E-state index is 12.5. The lowest BCUT2D eigenvalue weighted by molar-refractivity contribution is -0.136. The van der Waals surface area contributed by atoms with Gasteiger partial charge < -0.3 is 24.8 Å². The van der Waals surface area contributed by atoms with Gasteiger partial charge in [0.1, 0.15) is 24.2 Å². The molecule has 3 aromatic rings. The minimum atomic E-state index is -0.918. The normalized spacial score (nSPS) is 14.8. The molecule has 1 atom stereocenters. The Bertz CT molecular complexity index is 1110. The fourth-order valence-corrected chi connectivity index (χ4v) is 3.61. The van der Waals surface area contributed by atoms with Gasteiger partial charge in [-0.05, 0) is 54.1 Å². The average Bonchev–Trinajstić information content (AvgIpc) is 2.78. The van der Waals surface area contributed by atoms with Crippen molar-refractivity contribution in [3.05, 3.63) is 83.9 Å². The van der Waals surface area contributed by atoms with Gasteiger partial charge in [0.2, 0.25) is 0 Å². The molecule has 0 aromatic heterocycles. The zero-order valence-electron chi connectivity index (χ0n) is 17.7. The highest BCUT2D eigenvalue weighted by molar-refractivity contribution is 6.04. The maximum Gasteiger partial charge on any atom is 0.307 e. The number of para-hydroxylation sites is 2. The number of carbonyl (C=O) groups is 2. The molecule has 1 aliphatic rings. The van der Waals surface area contributed by atoms with Crippen LogP contribution in [0.15, 0.2) is 72.8 Å². The van der Waals surface area contributed by atoms with Crippen LogP contribution in [0.5, 0.6) is 11.5 Å². The Hall–Kier alpha value is -4.00. The zero-order chi connectivity index (χ0) is 22.5. The number of carboxylic acid groups (broad SMARTS) is 1. The highest BCUT2D eigenvalue weighted by Gasteiger charge is 2.23. The molecule has 1 heterocycles. The molecule has 0 radical (unpaired) electrons. The van der Waals surface area contributed by atoms with Crippen LogP contribution in [0.4, 0.5) is 11.4 Å². The van der Waals surface area contributed by atoms with Crippen molar-refractivity contribution in [2.24, 2.45) is 0 Å². The Morgan fingerprint density at radius 2 is 1.88 bits per heavy atom. The van der Waals surface area contributed by atoms with Crippen LogP contribution >= 0.6 is 0 Å². The molecule has 2 N–H and O–H groups in total. The van der Waals surface area contributed by atoms with Gasteiger partial charge in [0.25, 0.3) is 5.91 Å². The first kappa shape index (κ1) is 21.2. The van der Waals surface area contributed by atoms with Crippen molar-refractivity contribution in [1.82, 2.24) is 0 Å². The standard InChI is InChI=1S/C25H24N2O5/c1-27-15-21(32-23-8-3-2-7-22(23)27)16-31-20-11-9-18(10-12-20)25(30)26-19-6-4-5-17(13-19)14-24(28)29/h2-13,21H,14-16H2,1H3,(H,26,30)(H,28,29). The Morgan fingerprint density at radius 1 is 1.09 bits per heavy atom. The minimum absolute atomic E-state index is 0.0954. The molecule has 0 bridgehead atoms. The SMILES string of the molecule is CN1CC(COc2ccc(C(=O)Nc3cccc(CC(=O)O)c3)cc2)Oc2ccccc21. The lowest BCUT2D eigenvalue weighted by Crippen LogP contribution is -2.41. The fourth-order valence-electron chi connectivity index (χ4n) is 3.61. The molecule has 32 heavy (non-hydrogen) atoms. The summed E-state index contributed by atoms with van der Waals surface area (Å²) in [7, 11) is 2.03. The van der Waals surface area contributed by atoms with Gasteiger partial charge in [-0.3, -0.25) is 9.59 Å². The Labute approximate surface area is 186 Å². The highest BCUT2D eigenvalue weighted by Crippen LogP contribution is 2.32. The first-order chi connectivity index (χ1) is 15.5. The highest BCUT2D eigenvalue weighted by atomic mass is 16.5. The second-order valence-electron chi connectivity index (χ2n) is 7.65. The van der Waals surface area contributed by atoms with Gasteiger partial charge in [-0.25, -0.2) is 0 Å². The van der Waals surface area contributed by atoms with E-state index in [0.717, 1.165) is 18.0 Å². The fraction of sp³-hybridized carbons (Fsp3) is 0.200. The molecule has 1 aliphatic heterocycles. The van der Waals surface area contributed by atoms with E-state index in [-0.39, 0.29) is 18.4 Å². The number of carbonyl (C=O) groups excluding carboxylic acids is 1. The second kappa shape index (κ2) is 9.43. The number of rotatable bonds is 7. The van der Waals surface area contributed by atoms with E-state index in [9.17, 15) is 9.59 Å². The number of hydrogen-bond donors (Lipinski definition) is 2. The van der Waals surface area contributed by atoms with Crippen LogP contribution in [0.25, 0.3) is 0 Å². The first-order valence-corrected chi connectivity index (χ1v) is 10.3. The summed E-state index contributed by atoms with van der Waals surface area (Å²) in [6.45, 7) is 1.11. The third kappa shape index (κ3) is 5.18. The monoisotopic (exact) mass is 432 g/mol. The number of aliphatic carboxylic acids is 1. The molecule has 0 saturated carbocycles. The van der Waals surface area contributed by atoms with E-state index < -0.39 is 5.97 Å². The van der Waals surface area contributed by atoms with E-state index in [1.54, 1.807) is 48.5 Å². The van der Waals surface area contributed by atoms with Crippen LogP contribution in [0, 0.1) is 0 Å². The summed E-state index contributed by atoms with van der Waals surface area (Å²) in [5.41, 5.74) is 2.71. The molecule has 164 valence electrons. The van der Waals surface area contributed by atoms with Crippen LogP contribution in [0.2, 0.25) is 0 Å². The number of anilines is 2. The number of nitrogens with zero attached hydrogens (tertiary/aromatic N) is 1. The van der Waals surface area contributed by atoms with Crippen LogP contribution in [0.3, 0.4) is 0 Å². The van der Waals surface area contributed by atoms with Crippen molar-refractivity contribution in [3.63, 3.8) is 0 Å². The van der Waals surface area contributed by atoms with Gasteiger partial charge in [0, 0.05) is 18.3 Å². The van der Waals surface area contributed by atoms with Gasteiger partial charge in [0.05, 0.1) is 18.7 Å². The van der Waals surface area contributed by atoms with E-state index >= 15 is 0 Å². The second-order valence-corrected chi connectivity index (χ2v) is 7.65. The molecular weight excluding hydrogens is 408 g/mol. The van der Waals surface area contributed by atoms with Crippen molar-refractivity contribution < 1.29 is 24.2 Å². The Kier molecular flexibility index (Phi) is 6.26. The summed E-state index contributed by atoms with van der Waals surface area (Å²) in [6.07, 6.45) is -0.196. The van der Waals surface area contributed by atoms with Crippen molar-refractivity contribution in [2.45, 2.75) is 12.5 Å². The van der Waals surface area contributed by atoms with Gasteiger partial charge in [-0.1, -0.05) is 24.3 Å². The molecule has 7 nitrogen and oxygen atoms in total. The number of ether oxygens (including phenoxy) is 2. The lowest BCUT2D eigenvalue weighted by Gasteiger charge is -2.33. The quantitative estimate of drug-likeness (QED) is 0.590. The smallest absolute Gasteiger partial charge is 0.307 e. The van der Waals surface area contributed by atoms with Crippen LogP contribution in [0.1, 0.15) is 15.9 Å². The molecular formula is C25H24N2O5. The van der Waals surface area contributed by atoms with Gasteiger partial charge in [-0.2, -0.15) is 0 Å². The van der Waals surface area contributed by atoms with E-state index in [2.05, 4.69) is 10.2 Å². The average molecular weight is 432 g/mol. The van der Waals surface area contributed by atoms with Crippen molar-refractivity contribution in [1.29, 1.82) is 0 Å². The number of likely N-dealkylation sites (N-methyl/N-ethyl adjacent to an activating group) is 1. The van der Waals surface area contributed by atoms with Crippen molar-refractivity contribution in [3.8, 4) is 11.5 Å². The molecule has 0 spiro atoms. The molecule has 4 rings (SSSR count). The van der Waals surface area contributed by atoms with Crippen molar-refractivity contribution >= 4 is 23.3 Å². The minimum Gasteiger partial charge on any atom is -0.490 e. The van der Waals surface area contributed by atoms with E-state index in [0.29, 0.717) is 29.2 Å². The number of carboxylic acids is 1. The summed E-state index contributed by atoms with van der Waals surface area (Å²) >= 11 is 0. The summed E-state index contributed by atoms with van der Waals surface area (Å²) in [6, 6.07) is 21.6. The first-order valence-electron chi connectivity index (χ1n) is 10.3. The molecule has 0 aliphatic carbocycles. The summed E-state index contributed by atoms with van der Waals surface area (Å²) < 4.78 is 11.9. The predicted octanol–water partition coefficient (Wildman–Crippen LogP) is 3.84. The third-order valence-corrected chi connectivity index (χ3v) is 5.14.